The normalized spacial score (nSPS) is 13.0. The Kier molecular flexibility index (Phi) is 9.44. The molecule has 0 aliphatic carbocycles. The molecule has 3 aromatic rings. The van der Waals surface area contributed by atoms with Crippen LogP contribution in [0, 0.1) is 11.7 Å². The largest absolute Gasteiger partial charge is 0.460 e. The number of para-hydroxylation sites is 1. The minimum atomic E-state index is -0.644. The van der Waals surface area contributed by atoms with E-state index in [0.29, 0.717) is 12.8 Å². The molecule has 0 aliphatic heterocycles. The van der Waals surface area contributed by atoms with Gasteiger partial charge in [-0.15, -0.1) is 0 Å². The van der Waals surface area contributed by atoms with E-state index < -0.39 is 11.6 Å². The molecule has 0 aliphatic rings. The second-order valence-corrected chi connectivity index (χ2v) is 10.7. The number of Topliss-reactive ketones (excluding diaryl/α,β-unsaturated/α-hetero) is 1. The maximum absolute atomic E-state index is 13.7. The van der Waals surface area contributed by atoms with Crippen molar-refractivity contribution in [2.75, 3.05) is 6.61 Å². The molecule has 0 amide bonds. The molecule has 1 aromatic heterocycles. The number of ketones is 1. The summed E-state index contributed by atoms with van der Waals surface area (Å²) in [5.74, 6) is -1.16. The Labute approximate surface area is 219 Å². The standard InChI is InChI=1S/C31H38FNO4/c1-21(2)33-27-11-7-6-10-26(27)30(23-13-15-24(32)16-14-23)28(33)17-12-22(9-8-18-34)19-25(35)20-29(36)37-31(3,4)5/h6-7,10-17,21-22,34H,8-9,18-20H2,1-5H3/b17-12+. The van der Waals surface area contributed by atoms with Gasteiger partial charge in [0.05, 0.1) is 0 Å². The SMILES string of the molecule is CC(C)n1c(/C=C/C(CCCO)CC(=O)CC(=O)OC(C)(C)C)c(-c2ccc(F)cc2)c2ccccc21. The lowest BCUT2D eigenvalue weighted by atomic mass is 9.94. The third-order valence-corrected chi connectivity index (χ3v) is 6.11. The summed E-state index contributed by atoms with van der Waals surface area (Å²) in [6.07, 6.45) is 5.11. The van der Waals surface area contributed by atoms with Gasteiger partial charge in [0.25, 0.3) is 0 Å². The summed E-state index contributed by atoms with van der Waals surface area (Å²) < 4.78 is 21.3. The van der Waals surface area contributed by atoms with Gasteiger partial charge in [-0.2, -0.15) is 0 Å². The fraction of sp³-hybridized carbons (Fsp3) is 0.419. The fourth-order valence-electron chi connectivity index (χ4n) is 4.67. The number of nitrogens with zero attached hydrogens (tertiary/aromatic N) is 1. The molecule has 0 radical (unpaired) electrons. The second kappa shape index (κ2) is 12.3. The molecule has 6 heteroatoms. The molecule has 0 saturated carbocycles. The third kappa shape index (κ3) is 7.62. The number of hydrogen-bond acceptors (Lipinski definition) is 4. The summed E-state index contributed by atoms with van der Waals surface area (Å²) in [4.78, 5) is 24.9. The zero-order chi connectivity index (χ0) is 27.2. The molecular weight excluding hydrogens is 469 g/mol. The first kappa shape index (κ1) is 28.3. The summed E-state index contributed by atoms with van der Waals surface area (Å²) in [6, 6.07) is 14.8. The quantitative estimate of drug-likeness (QED) is 0.222. The number of halogens is 1. The van der Waals surface area contributed by atoms with Crippen LogP contribution in [0.15, 0.2) is 54.6 Å². The van der Waals surface area contributed by atoms with Crippen LogP contribution in [0.2, 0.25) is 0 Å². The van der Waals surface area contributed by atoms with Crippen LogP contribution in [-0.2, 0) is 14.3 Å². The first-order valence-corrected chi connectivity index (χ1v) is 12.9. The molecule has 198 valence electrons. The van der Waals surface area contributed by atoms with Gasteiger partial charge in [-0.05, 0) is 83.2 Å². The Morgan fingerprint density at radius 2 is 1.76 bits per heavy atom. The lowest BCUT2D eigenvalue weighted by Crippen LogP contribution is -2.25. The smallest absolute Gasteiger partial charge is 0.313 e. The molecule has 3 rings (SSSR count). The van der Waals surface area contributed by atoms with E-state index in [2.05, 4.69) is 30.5 Å². The Balaban J connectivity index is 1.99. The van der Waals surface area contributed by atoms with Gasteiger partial charge < -0.3 is 14.4 Å². The van der Waals surface area contributed by atoms with Gasteiger partial charge in [0.1, 0.15) is 23.6 Å². The Morgan fingerprint density at radius 3 is 2.38 bits per heavy atom. The Morgan fingerprint density at radius 1 is 1.08 bits per heavy atom. The van der Waals surface area contributed by atoms with E-state index in [1.807, 2.05) is 24.3 Å². The van der Waals surface area contributed by atoms with E-state index in [0.717, 1.165) is 27.7 Å². The predicted molar refractivity (Wildman–Crippen MR) is 147 cm³/mol. The molecule has 0 bridgehead atoms. The number of rotatable bonds is 11. The number of esters is 1. The number of carbonyl (C=O) groups excluding carboxylic acids is 2. The molecule has 2 aromatic carbocycles. The Bertz CT molecular complexity index is 1250. The van der Waals surface area contributed by atoms with Crippen molar-refractivity contribution in [1.29, 1.82) is 0 Å². The van der Waals surface area contributed by atoms with Crippen molar-refractivity contribution in [3.8, 4) is 11.1 Å². The number of ether oxygens (including phenoxy) is 1. The highest BCUT2D eigenvalue weighted by Gasteiger charge is 2.22. The molecule has 0 saturated heterocycles. The van der Waals surface area contributed by atoms with E-state index in [-0.39, 0.29) is 43.0 Å². The highest BCUT2D eigenvalue weighted by molar-refractivity contribution is 6.01. The Hall–Kier alpha value is -3.25. The summed E-state index contributed by atoms with van der Waals surface area (Å²) in [5.41, 5.74) is 3.31. The molecule has 1 atom stereocenters. The average molecular weight is 508 g/mol. The number of carbonyl (C=O) groups is 2. The summed E-state index contributed by atoms with van der Waals surface area (Å²) in [6.45, 7) is 9.58. The topological polar surface area (TPSA) is 68.5 Å². The van der Waals surface area contributed by atoms with Gasteiger partial charge in [-0.1, -0.05) is 36.4 Å². The van der Waals surface area contributed by atoms with Crippen LogP contribution >= 0.6 is 0 Å². The number of fused-ring (bicyclic) bond motifs is 1. The van der Waals surface area contributed by atoms with Crippen LogP contribution in [0.5, 0.6) is 0 Å². The molecule has 0 fully saturated rings. The van der Waals surface area contributed by atoms with E-state index in [1.54, 1.807) is 32.9 Å². The van der Waals surface area contributed by atoms with Crippen LogP contribution in [-0.4, -0.2) is 33.6 Å². The zero-order valence-electron chi connectivity index (χ0n) is 22.5. The first-order chi connectivity index (χ1) is 17.5. The maximum atomic E-state index is 13.7. The molecule has 1 heterocycles. The van der Waals surface area contributed by atoms with Crippen molar-refractivity contribution in [2.45, 2.75) is 71.9 Å². The molecule has 0 spiro atoms. The molecule has 1 unspecified atom stereocenters. The van der Waals surface area contributed by atoms with Crippen LogP contribution in [0.3, 0.4) is 0 Å². The number of aliphatic hydroxyl groups is 1. The van der Waals surface area contributed by atoms with Crippen molar-refractivity contribution in [1.82, 2.24) is 4.57 Å². The lowest BCUT2D eigenvalue weighted by molar-refractivity contribution is -0.156. The van der Waals surface area contributed by atoms with E-state index >= 15 is 0 Å². The molecular formula is C31H38FNO4. The summed E-state index contributed by atoms with van der Waals surface area (Å²) >= 11 is 0. The molecule has 1 N–H and O–H groups in total. The van der Waals surface area contributed by atoms with Crippen molar-refractivity contribution >= 4 is 28.7 Å². The third-order valence-electron chi connectivity index (χ3n) is 6.11. The summed E-state index contributed by atoms with van der Waals surface area (Å²) in [7, 11) is 0. The van der Waals surface area contributed by atoms with Crippen molar-refractivity contribution in [3.63, 3.8) is 0 Å². The van der Waals surface area contributed by atoms with E-state index in [4.69, 9.17) is 4.74 Å². The van der Waals surface area contributed by atoms with Gasteiger partial charge in [0.2, 0.25) is 0 Å². The van der Waals surface area contributed by atoms with Gasteiger partial charge in [-0.25, -0.2) is 4.39 Å². The van der Waals surface area contributed by atoms with Crippen molar-refractivity contribution in [3.05, 3.63) is 66.1 Å². The van der Waals surface area contributed by atoms with Gasteiger partial charge in [0, 0.05) is 41.2 Å². The predicted octanol–water partition coefficient (Wildman–Crippen LogP) is 7.12. The van der Waals surface area contributed by atoms with Crippen molar-refractivity contribution < 1.29 is 23.8 Å². The molecule has 37 heavy (non-hydrogen) atoms. The van der Waals surface area contributed by atoms with Gasteiger partial charge in [-0.3, -0.25) is 9.59 Å². The fourth-order valence-corrected chi connectivity index (χ4v) is 4.67. The highest BCUT2D eigenvalue weighted by Crippen LogP contribution is 2.38. The number of benzene rings is 2. The van der Waals surface area contributed by atoms with E-state index in [9.17, 15) is 19.1 Å². The lowest BCUT2D eigenvalue weighted by Gasteiger charge is -2.19. The van der Waals surface area contributed by atoms with Crippen LogP contribution in [0.4, 0.5) is 4.39 Å². The first-order valence-electron chi connectivity index (χ1n) is 12.9. The second-order valence-electron chi connectivity index (χ2n) is 10.7. The van der Waals surface area contributed by atoms with Gasteiger partial charge in [0.15, 0.2) is 0 Å². The van der Waals surface area contributed by atoms with E-state index in [1.165, 1.54) is 12.1 Å². The van der Waals surface area contributed by atoms with Crippen LogP contribution < -0.4 is 0 Å². The number of aromatic nitrogens is 1. The maximum Gasteiger partial charge on any atom is 0.313 e. The number of allylic oxidation sites excluding steroid dienone is 1. The van der Waals surface area contributed by atoms with Crippen LogP contribution in [0.25, 0.3) is 28.1 Å². The monoisotopic (exact) mass is 507 g/mol. The average Bonchev–Trinajstić information content (AvgIpc) is 3.14. The zero-order valence-corrected chi connectivity index (χ0v) is 22.5. The molecule has 5 nitrogen and oxygen atoms in total. The van der Waals surface area contributed by atoms with Crippen molar-refractivity contribution in [2.24, 2.45) is 5.92 Å². The number of hydrogen-bond donors (Lipinski definition) is 1. The highest BCUT2D eigenvalue weighted by atomic mass is 19.1. The minimum Gasteiger partial charge on any atom is -0.460 e. The van der Waals surface area contributed by atoms with Crippen LogP contribution in [0.1, 0.15) is 72.0 Å². The minimum absolute atomic E-state index is 0.0255. The van der Waals surface area contributed by atoms with Gasteiger partial charge >= 0.3 is 5.97 Å². The number of aliphatic hydroxyl groups excluding tert-OH is 1. The summed E-state index contributed by atoms with van der Waals surface area (Å²) in [5, 5.41) is 10.5.